The van der Waals surface area contributed by atoms with Gasteiger partial charge < -0.3 is 10.1 Å². The van der Waals surface area contributed by atoms with Crippen LogP contribution in [0.3, 0.4) is 0 Å². The van der Waals surface area contributed by atoms with E-state index < -0.39 is 0 Å². The Kier molecular flexibility index (Phi) is 6.09. The summed E-state index contributed by atoms with van der Waals surface area (Å²) in [6, 6.07) is 0.137. The van der Waals surface area contributed by atoms with Gasteiger partial charge in [-0.2, -0.15) is 5.10 Å². The number of rotatable bonds is 6. The van der Waals surface area contributed by atoms with E-state index >= 15 is 0 Å². The number of guanidine groups is 1. The molecule has 1 unspecified atom stereocenters. The molecule has 4 N–H and O–H groups in total. The van der Waals surface area contributed by atoms with Crippen molar-refractivity contribution in [1.82, 2.24) is 25.5 Å². The van der Waals surface area contributed by atoms with Crippen LogP contribution < -0.4 is 16.6 Å². The molecule has 0 saturated heterocycles. The van der Waals surface area contributed by atoms with Crippen LogP contribution >= 0.6 is 0 Å². The van der Waals surface area contributed by atoms with Gasteiger partial charge in [0, 0.05) is 33.2 Å². The lowest BCUT2D eigenvalue weighted by Crippen LogP contribution is -2.47. The van der Waals surface area contributed by atoms with E-state index in [4.69, 9.17) is 10.6 Å². The van der Waals surface area contributed by atoms with Crippen LogP contribution in [-0.2, 0) is 18.2 Å². The highest BCUT2D eigenvalue weighted by molar-refractivity contribution is 5.79. The average Bonchev–Trinajstić information content (AvgIpc) is 2.74. The smallest absolute Gasteiger partial charge is 0.206 e. The molecule has 0 aliphatic carbocycles. The summed E-state index contributed by atoms with van der Waals surface area (Å²) in [5.41, 5.74) is 2.52. The number of hydrogen-bond acceptors (Lipinski definition) is 5. The van der Waals surface area contributed by atoms with Crippen molar-refractivity contribution in [2.24, 2.45) is 17.9 Å². The molecular formula is C10H21N7O. The number of hydrogen-bond donors (Lipinski definition) is 3. The fourth-order valence-corrected chi connectivity index (χ4v) is 1.42. The van der Waals surface area contributed by atoms with Crippen LogP contribution in [0, 0.1) is 0 Å². The van der Waals surface area contributed by atoms with Gasteiger partial charge in [-0.3, -0.25) is 15.1 Å². The second-order valence-corrected chi connectivity index (χ2v) is 3.96. The second kappa shape index (κ2) is 7.62. The molecule has 0 aliphatic heterocycles. The highest BCUT2D eigenvalue weighted by Gasteiger charge is 2.04. The predicted octanol–water partition coefficient (Wildman–Crippen LogP) is -1.20. The van der Waals surface area contributed by atoms with Gasteiger partial charge in [-0.1, -0.05) is 0 Å². The van der Waals surface area contributed by atoms with E-state index in [1.54, 1.807) is 18.1 Å². The van der Waals surface area contributed by atoms with Crippen molar-refractivity contribution in [1.29, 1.82) is 0 Å². The Morgan fingerprint density at radius 3 is 3.00 bits per heavy atom. The van der Waals surface area contributed by atoms with Crippen LogP contribution in [0.4, 0.5) is 0 Å². The van der Waals surface area contributed by atoms with Crippen molar-refractivity contribution in [2.75, 3.05) is 20.3 Å². The lowest BCUT2D eigenvalue weighted by Gasteiger charge is -2.15. The van der Waals surface area contributed by atoms with Gasteiger partial charge >= 0.3 is 0 Å². The van der Waals surface area contributed by atoms with Gasteiger partial charge in [-0.05, 0) is 6.92 Å². The molecule has 8 heteroatoms. The number of nitrogens with zero attached hydrogens (tertiary/aromatic N) is 4. The molecule has 0 radical (unpaired) electrons. The lowest BCUT2D eigenvalue weighted by molar-refractivity contribution is 0.179. The molecule has 18 heavy (non-hydrogen) atoms. The molecule has 102 valence electrons. The molecule has 8 nitrogen and oxygen atoms in total. The van der Waals surface area contributed by atoms with E-state index in [-0.39, 0.29) is 6.04 Å². The Morgan fingerprint density at radius 2 is 2.44 bits per heavy atom. The molecule has 0 fully saturated rings. The summed E-state index contributed by atoms with van der Waals surface area (Å²) in [5.74, 6) is 6.69. The van der Waals surface area contributed by atoms with Gasteiger partial charge in [-0.25, -0.2) is 10.8 Å². The summed E-state index contributed by atoms with van der Waals surface area (Å²) in [6.07, 6.45) is 2.34. The summed E-state index contributed by atoms with van der Waals surface area (Å²) >= 11 is 0. The summed E-state index contributed by atoms with van der Waals surface area (Å²) in [6.45, 7) is 3.13. The summed E-state index contributed by atoms with van der Waals surface area (Å²) in [7, 11) is 3.48. The fourth-order valence-electron chi connectivity index (χ4n) is 1.42. The Hall–Kier alpha value is -1.67. The van der Waals surface area contributed by atoms with Crippen LogP contribution in [-0.4, -0.2) is 47.0 Å². The van der Waals surface area contributed by atoms with Gasteiger partial charge in [0.15, 0.2) is 5.82 Å². The molecule has 0 spiro atoms. The molecule has 0 amide bonds. The third kappa shape index (κ3) is 5.11. The first kappa shape index (κ1) is 14.4. The maximum absolute atomic E-state index is 5.38. The molecule has 0 bridgehead atoms. The predicted molar refractivity (Wildman–Crippen MR) is 68.8 cm³/mol. The van der Waals surface area contributed by atoms with E-state index in [0.717, 1.165) is 5.82 Å². The number of aromatic nitrogens is 3. The minimum absolute atomic E-state index is 0.137. The molecule has 1 aromatic rings. The molecule has 0 saturated carbocycles. The second-order valence-electron chi connectivity index (χ2n) is 3.96. The van der Waals surface area contributed by atoms with Gasteiger partial charge in [0.2, 0.25) is 5.96 Å². The van der Waals surface area contributed by atoms with Gasteiger partial charge in [0.05, 0.1) is 6.61 Å². The summed E-state index contributed by atoms with van der Waals surface area (Å²) < 4.78 is 6.68. The first-order valence-corrected chi connectivity index (χ1v) is 5.76. The topological polar surface area (TPSA) is 102 Å². The van der Waals surface area contributed by atoms with Crippen LogP contribution in [0.15, 0.2) is 11.3 Å². The number of aryl methyl sites for hydroxylation is 1. The Labute approximate surface area is 107 Å². The number of nitrogens with two attached hydrogens (primary N) is 1. The normalized spacial score (nSPS) is 13.4. The average molecular weight is 255 g/mol. The van der Waals surface area contributed by atoms with Crippen LogP contribution in [0.1, 0.15) is 12.7 Å². The highest BCUT2D eigenvalue weighted by Crippen LogP contribution is 1.90. The van der Waals surface area contributed by atoms with Crippen LogP contribution in [0.25, 0.3) is 0 Å². The van der Waals surface area contributed by atoms with E-state index in [1.807, 2.05) is 14.0 Å². The number of ether oxygens (including phenoxy) is 1. The first-order chi connectivity index (χ1) is 8.65. The summed E-state index contributed by atoms with van der Waals surface area (Å²) in [4.78, 5) is 8.41. The molecule has 0 aliphatic rings. The molecular weight excluding hydrogens is 234 g/mol. The van der Waals surface area contributed by atoms with Gasteiger partial charge in [0.25, 0.3) is 0 Å². The largest absolute Gasteiger partial charge is 0.383 e. The molecule has 1 atom stereocenters. The SMILES string of the molecule is COCC(C)NC(=NCCc1ncn(C)n1)NN. The van der Waals surface area contributed by atoms with Crippen molar-refractivity contribution >= 4 is 5.96 Å². The quantitative estimate of drug-likeness (QED) is 0.255. The molecule has 0 aromatic carbocycles. The maximum atomic E-state index is 5.38. The number of hydrazine groups is 1. The van der Waals surface area contributed by atoms with E-state index in [0.29, 0.717) is 25.5 Å². The zero-order chi connectivity index (χ0) is 13.4. The number of methoxy groups -OCH3 is 1. The van der Waals surface area contributed by atoms with Crippen molar-refractivity contribution in [3.8, 4) is 0 Å². The Morgan fingerprint density at radius 1 is 1.67 bits per heavy atom. The van der Waals surface area contributed by atoms with E-state index in [9.17, 15) is 0 Å². The van der Waals surface area contributed by atoms with Crippen molar-refractivity contribution in [2.45, 2.75) is 19.4 Å². The van der Waals surface area contributed by atoms with Crippen molar-refractivity contribution in [3.05, 3.63) is 12.2 Å². The van der Waals surface area contributed by atoms with Gasteiger partial charge in [0.1, 0.15) is 6.33 Å². The molecule has 1 rings (SSSR count). The monoisotopic (exact) mass is 255 g/mol. The zero-order valence-corrected chi connectivity index (χ0v) is 11.1. The van der Waals surface area contributed by atoms with E-state index in [2.05, 4.69) is 25.8 Å². The highest BCUT2D eigenvalue weighted by atomic mass is 16.5. The fraction of sp³-hybridized carbons (Fsp3) is 0.700. The molecule has 1 aromatic heterocycles. The number of nitrogens with one attached hydrogen (secondary N) is 2. The minimum Gasteiger partial charge on any atom is -0.383 e. The van der Waals surface area contributed by atoms with Crippen LogP contribution in [0.2, 0.25) is 0 Å². The zero-order valence-electron chi connectivity index (χ0n) is 11.1. The Bertz CT molecular complexity index is 376. The summed E-state index contributed by atoms with van der Waals surface area (Å²) in [5, 5.41) is 7.27. The van der Waals surface area contributed by atoms with E-state index in [1.165, 1.54) is 0 Å². The standard InChI is InChI=1S/C10H21N7O/c1-8(6-18-3)14-10(15-11)12-5-4-9-13-7-17(2)16-9/h7-8H,4-6,11H2,1-3H3,(H2,12,14,15). The molecule has 1 heterocycles. The van der Waals surface area contributed by atoms with Crippen LogP contribution in [0.5, 0.6) is 0 Å². The number of aliphatic imine (C=N–C) groups is 1. The van der Waals surface area contributed by atoms with Gasteiger partial charge in [-0.15, -0.1) is 0 Å². The maximum Gasteiger partial charge on any atom is 0.206 e. The lowest BCUT2D eigenvalue weighted by atomic mass is 10.4. The van der Waals surface area contributed by atoms with Crippen molar-refractivity contribution in [3.63, 3.8) is 0 Å². The minimum atomic E-state index is 0.137. The third-order valence-electron chi connectivity index (χ3n) is 2.19. The van der Waals surface area contributed by atoms with Crippen molar-refractivity contribution < 1.29 is 4.74 Å². The first-order valence-electron chi connectivity index (χ1n) is 5.76. The third-order valence-corrected chi connectivity index (χ3v) is 2.19. The Balaban J connectivity index is 2.37.